The van der Waals surface area contributed by atoms with E-state index in [2.05, 4.69) is 26.8 Å². The standard InChI is InChI=1S/C21H30O2/c1-13-12-19(2)14(11-18(13)22)5-6-15-16(19)7-9-20(3)17(15)8-10-21(20,4)23/h7,11,13,15,17,23H,5-6,8-10,12H2,1-4H3/t13-,15-,17-,19-,20-,21+/m1/s1. The van der Waals surface area contributed by atoms with Gasteiger partial charge in [0.15, 0.2) is 5.78 Å². The molecule has 0 saturated heterocycles. The lowest BCUT2D eigenvalue weighted by molar-refractivity contribution is -0.119. The molecular formula is C21H30O2. The van der Waals surface area contributed by atoms with Crippen molar-refractivity contribution in [3.05, 3.63) is 23.3 Å². The molecule has 1 N–H and O–H groups in total. The quantitative estimate of drug-likeness (QED) is 0.671. The summed E-state index contributed by atoms with van der Waals surface area (Å²) in [6.07, 6.45) is 10.7. The summed E-state index contributed by atoms with van der Waals surface area (Å²) in [5.41, 5.74) is 2.54. The molecule has 0 aromatic heterocycles. The number of carbonyl (C=O) groups excluding carboxylic acids is 1. The highest BCUT2D eigenvalue weighted by atomic mass is 16.3. The van der Waals surface area contributed by atoms with Crippen molar-refractivity contribution >= 4 is 5.78 Å². The number of rotatable bonds is 0. The van der Waals surface area contributed by atoms with Crippen LogP contribution in [0.1, 0.15) is 66.2 Å². The second kappa shape index (κ2) is 4.59. The van der Waals surface area contributed by atoms with Crippen LogP contribution in [-0.2, 0) is 4.79 Å². The Morgan fingerprint density at radius 2 is 1.96 bits per heavy atom. The second-order valence-corrected chi connectivity index (χ2v) is 9.35. The van der Waals surface area contributed by atoms with Crippen molar-refractivity contribution in [2.45, 2.75) is 71.8 Å². The third-order valence-electron chi connectivity index (χ3n) is 8.21. The van der Waals surface area contributed by atoms with E-state index in [0.29, 0.717) is 17.6 Å². The van der Waals surface area contributed by atoms with Gasteiger partial charge in [0.2, 0.25) is 0 Å². The lowest BCUT2D eigenvalue weighted by Gasteiger charge is -2.55. The zero-order valence-electron chi connectivity index (χ0n) is 15.0. The molecule has 0 radical (unpaired) electrons. The van der Waals surface area contributed by atoms with Gasteiger partial charge in [-0.1, -0.05) is 38.0 Å². The zero-order valence-corrected chi connectivity index (χ0v) is 15.0. The fraction of sp³-hybridized carbons (Fsp3) is 0.762. The predicted molar refractivity (Wildman–Crippen MR) is 91.9 cm³/mol. The van der Waals surface area contributed by atoms with Crippen LogP contribution < -0.4 is 0 Å². The summed E-state index contributed by atoms with van der Waals surface area (Å²) in [5.74, 6) is 1.67. The van der Waals surface area contributed by atoms with E-state index in [1.54, 1.807) is 5.57 Å². The topological polar surface area (TPSA) is 37.3 Å². The highest BCUT2D eigenvalue weighted by Gasteiger charge is 2.60. The molecular weight excluding hydrogens is 284 g/mol. The van der Waals surface area contributed by atoms with Gasteiger partial charge in [0.1, 0.15) is 0 Å². The molecule has 0 bridgehead atoms. The minimum Gasteiger partial charge on any atom is -0.390 e. The maximum absolute atomic E-state index is 12.1. The van der Waals surface area contributed by atoms with E-state index in [-0.39, 0.29) is 16.7 Å². The average Bonchev–Trinajstić information content (AvgIpc) is 2.71. The molecule has 0 amide bonds. The first-order chi connectivity index (χ1) is 10.7. The fourth-order valence-corrected chi connectivity index (χ4v) is 6.42. The van der Waals surface area contributed by atoms with Gasteiger partial charge in [-0.25, -0.2) is 0 Å². The number of aliphatic hydroxyl groups is 1. The lowest BCUT2D eigenvalue weighted by atomic mass is 9.50. The van der Waals surface area contributed by atoms with Gasteiger partial charge in [-0.3, -0.25) is 4.79 Å². The van der Waals surface area contributed by atoms with Gasteiger partial charge in [0.05, 0.1) is 5.60 Å². The minimum absolute atomic E-state index is 0.0227. The molecule has 4 rings (SSSR count). The Labute approximate surface area is 140 Å². The Bertz CT molecular complexity index is 626. The Kier molecular flexibility index (Phi) is 3.12. The summed E-state index contributed by atoms with van der Waals surface area (Å²) >= 11 is 0. The molecule has 2 nitrogen and oxygen atoms in total. The lowest BCUT2D eigenvalue weighted by Crippen LogP contribution is -2.49. The number of carbonyl (C=O) groups is 1. The molecule has 4 aliphatic rings. The number of fused-ring (bicyclic) bond motifs is 5. The monoisotopic (exact) mass is 314 g/mol. The van der Waals surface area contributed by atoms with Gasteiger partial charge in [-0.05, 0) is 63.4 Å². The van der Waals surface area contributed by atoms with Gasteiger partial charge in [0, 0.05) is 16.7 Å². The fourth-order valence-electron chi connectivity index (χ4n) is 6.42. The van der Waals surface area contributed by atoms with E-state index in [9.17, 15) is 9.90 Å². The summed E-state index contributed by atoms with van der Waals surface area (Å²) in [4.78, 5) is 12.1. The van der Waals surface area contributed by atoms with Gasteiger partial charge >= 0.3 is 0 Å². The van der Waals surface area contributed by atoms with E-state index < -0.39 is 5.60 Å². The van der Waals surface area contributed by atoms with Crippen LogP contribution in [0.4, 0.5) is 0 Å². The predicted octanol–water partition coefficient (Wildman–Crippen LogP) is 4.44. The molecule has 4 aliphatic carbocycles. The summed E-state index contributed by atoms with van der Waals surface area (Å²) in [7, 11) is 0. The molecule has 2 fully saturated rings. The maximum Gasteiger partial charge on any atom is 0.158 e. The minimum atomic E-state index is -0.535. The Morgan fingerprint density at radius 3 is 2.70 bits per heavy atom. The number of hydrogen-bond donors (Lipinski definition) is 1. The van der Waals surface area contributed by atoms with Crippen molar-refractivity contribution in [3.63, 3.8) is 0 Å². The van der Waals surface area contributed by atoms with Gasteiger partial charge < -0.3 is 5.11 Å². The molecule has 126 valence electrons. The van der Waals surface area contributed by atoms with Crippen LogP contribution in [0.15, 0.2) is 23.3 Å². The van der Waals surface area contributed by atoms with Crippen molar-refractivity contribution in [2.75, 3.05) is 0 Å². The largest absolute Gasteiger partial charge is 0.390 e. The highest BCUT2D eigenvalue weighted by Crippen LogP contribution is 2.65. The molecule has 2 heteroatoms. The van der Waals surface area contributed by atoms with Crippen molar-refractivity contribution in [1.29, 1.82) is 0 Å². The number of allylic oxidation sites excluding steroid dienone is 4. The van der Waals surface area contributed by atoms with E-state index in [4.69, 9.17) is 0 Å². The molecule has 0 unspecified atom stereocenters. The molecule has 23 heavy (non-hydrogen) atoms. The van der Waals surface area contributed by atoms with E-state index >= 15 is 0 Å². The van der Waals surface area contributed by atoms with E-state index in [1.165, 1.54) is 5.57 Å². The zero-order chi connectivity index (χ0) is 16.6. The normalized spacial score (nSPS) is 52.2. The van der Waals surface area contributed by atoms with Crippen LogP contribution in [0.5, 0.6) is 0 Å². The molecule has 0 aromatic carbocycles. The molecule has 0 aliphatic heterocycles. The SMILES string of the molecule is C[C@@H]1C[C@]2(C)C(=CC1=O)CC[C@@H]1C2=CC[C@]2(C)[C@@H]1CC[C@]2(C)O. The smallest absolute Gasteiger partial charge is 0.158 e. The van der Waals surface area contributed by atoms with Crippen molar-refractivity contribution in [3.8, 4) is 0 Å². The maximum atomic E-state index is 12.1. The molecule has 6 atom stereocenters. The number of hydrogen-bond acceptors (Lipinski definition) is 2. The van der Waals surface area contributed by atoms with Crippen LogP contribution in [-0.4, -0.2) is 16.5 Å². The Balaban J connectivity index is 1.78. The first-order valence-electron chi connectivity index (χ1n) is 9.37. The molecule has 0 spiro atoms. The van der Waals surface area contributed by atoms with Gasteiger partial charge in [0.25, 0.3) is 0 Å². The third-order valence-corrected chi connectivity index (χ3v) is 8.21. The molecule has 0 heterocycles. The van der Waals surface area contributed by atoms with Crippen LogP contribution in [0.3, 0.4) is 0 Å². The van der Waals surface area contributed by atoms with Crippen LogP contribution in [0, 0.1) is 28.6 Å². The third kappa shape index (κ3) is 1.88. The van der Waals surface area contributed by atoms with Crippen LogP contribution >= 0.6 is 0 Å². The van der Waals surface area contributed by atoms with E-state index in [1.807, 2.05) is 13.0 Å². The second-order valence-electron chi connectivity index (χ2n) is 9.35. The molecule has 2 saturated carbocycles. The highest BCUT2D eigenvalue weighted by molar-refractivity contribution is 5.93. The Morgan fingerprint density at radius 1 is 1.22 bits per heavy atom. The number of ketones is 1. The van der Waals surface area contributed by atoms with Crippen molar-refractivity contribution < 1.29 is 9.90 Å². The average molecular weight is 314 g/mol. The van der Waals surface area contributed by atoms with Crippen LogP contribution in [0.25, 0.3) is 0 Å². The first kappa shape index (κ1) is 15.6. The summed E-state index contributed by atoms with van der Waals surface area (Å²) in [5, 5.41) is 10.9. The van der Waals surface area contributed by atoms with Crippen molar-refractivity contribution in [1.82, 2.24) is 0 Å². The summed E-state index contributed by atoms with van der Waals surface area (Å²) in [6.45, 7) is 8.80. The molecule has 0 aromatic rings. The van der Waals surface area contributed by atoms with Crippen molar-refractivity contribution in [2.24, 2.45) is 28.6 Å². The van der Waals surface area contributed by atoms with Crippen LogP contribution in [0.2, 0.25) is 0 Å². The first-order valence-corrected chi connectivity index (χ1v) is 9.37. The summed E-state index contributed by atoms with van der Waals surface area (Å²) < 4.78 is 0. The Hall–Kier alpha value is -0.890. The summed E-state index contributed by atoms with van der Waals surface area (Å²) in [6, 6.07) is 0. The van der Waals surface area contributed by atoms with Gasteiger partial charge in [-0.2, -0.15) is 0 Å². The van der Waals surface area contributed by atoms with Gasteiger partial charge in [-0.15, -0.1) is 0 Å². The van der Waals surface area contributed by atoms with E-state index in [0.717, 1.165) is 38.5 Å².